The zero-order chi connectivity index (χ0) is 29.2. The molecule has 2 N–H and O–H groups in total. The van der Waals surface area contributed by atoms with E-state index in [1.54, 1.807) is 4.90 Å². The average Bonchev–Trinajstić information content (AvgIpc) is 2.99. The SMILES string of the molecule is COC(=O)NCc1cccc(O[C@H]2CC[C@H](C(=O)N(C)c3ccc(CN4CCN[C@@H](C)C4)c(CN=[N+]=[N-])c3)CC2)c1. The molecule has 4 rings (SSSR count). The van der Waals surface area contributed by atoms with Crippen molar-refractivity contribution in [1.29, 1.82) is 0 Å². The summed E-state index contributed by atoms with van der Waals surface area (Å²) in [5.41, 5.74) is 12.7. The zero-order valence-corrected chi connectivity index (χ0v) is 24.2. The minimum Gasteiger partial charge on any atom is -0.490 e. The predicted molar refractivity (Wildman–Crippen MR) is 158 cm³/mol. The Kier molecular flexibility index (Phi) is 10.8. The van der Waals surface area contributed by atoms with Gasteiger partial charge in [0, 0.05) is 62.3 Å². The summed E-state index contributed by atoms with van der Waals surface area (Å²) in [7, 11) is 3.16. The van der Waals surface area contributed by atoms with Crippen LogP contribution in [0, 0.1) is 5.92 Å². The standard InChI is InChI=1S/C30H41N7O4/c1-21-19-37(14-13-32-21)20-24-7-10-26(16-25(24)18-34-35-31)36(2)29(38)23-8-11-27(12-9-23)41-28-6-4-5-22(15-28)17-33-30(39)40-3/h4-7,10,15-16,21,23,27,32H,8-9,11-14,17-20H2,1-3H3,(H,33,39)/t21-,23-,27-/m0/s1. The normalized spacial score (nSPS) is 20.9. The first-order chi connectivity index (χ1) is 19.9. The van der Waals surface area contributed by atoms with Gasteiger partial charge in [-0.1, -0.05) is 23.3 Å². The van der Waals surface area contributed by atoms with Crippen molar-refractivity contribution in [2.75, 3.05) is 38.7 Å². The number of azide groups is 1. The lowest BCUT2D eigenvalue weighted by molar-refractivity contribution is -0.123. The highest BCUT2D eigenvalue weighted by Crippen LogP contribution is 2.31. The number of amides is 2. The lowest BCUT2D eigenvalue weighted by Gasteiger charge is -2.33. The van der Waals surface area contributed by atoms with Crippen LogP contribution in [0.2, 0.25) is 0 Å². The summed E-state index contributed by atoms with van der Waals surface area (Å²) in [5, 5.41) is 9.96. The number of nitrogens with zero attached hydrogens (tertiary/aromatic N) is 5. The van der Waals surface area contributed by atoms with Crippen molar-refractivity contribution in [2.45, 2.75) is 64.4 Å². The zero-order valence-electron chi connectivity index (χ0n) is 24.2. The quantitative estimate of drug-likeness (QED) is 0.244. The molecule has 0 radical (unpaired) electrons. The van der Waals surface area contributed by atoms with Crippen molar-refractivity contribution in [3.8, 4) is 5.75 Å². The lowest BCUT2D eigenvalue weighted by atomic mass is 9.86. The van der Waals surface area contributed by atoms with E-state index >= 15 is 0 Å². The number of alkyl carbamates (subject to hydrolysis) is 1. The Balaban J connectivity index is 1.33. The van der Waals surface area contributed by atoms with E-state index in [2.05, 4.69) is 43.3 Å². The lowest BCUT2D eigenvalue weighted by Crippen LogP contribution is -2.48. The average molecular weight is 564 g/mol. The molecule has 0 unspecified atom stereocenters. The second kappa shape index (κ2) is 14.7. The molecule has 0 bridgehead atoms. The van der Waals surface area contributed by atoms with E-state index < -0.39 is 6.09 Å². The van der Waals surface area contributed by atoms with Crippen LogP contribution >= 0.6 is 0 Å². The first-order valence-corrected chi connectivity index (χ1v) is 14.3. The second-order valence-electron chi connectivity index (χ2n) is 10.9. The molecule has 1 aliphatic carbocycles. The minimum atomic E-state index is -0.475. The number of carbonyl (C=O) groups is 2. The predicted octanol–water partition coefficient (Wildman–Crippen LogP) is 4.75. The first kappa shape index (κ1) is 30.2. The topological polar surface area (TPSA) is 132 Å². The van der Waals surface area contributed by atoms with Gasteiger partial charge in [-0.3, -0.25) is 9.69 Å². The molecule has 1 heterocycles. The smallest absolute Gasteiger partial charge is 0.407 e. The molecule has 1 saturated carbocycles. The molecule has 220 valence electrons. The van der Waals surface area contributed by atoms with Gasteiger partial charge >= 0.3 is 6.09 Å². The van der Waals surface area contributed by atoms with Gasteiger partial charge in [0.2, 0.25) is 5.91 Å². The molecule has 2 fully saturated rings. The van der Waals surface area contributed by atoms with Crippen LogP contribution in [0.4, 0.5) is 10.5 Å². The van der Waals surface area contributed by atoms with Crippen molar-refractivity contribution in [3.63, 3.8) is 0 Å². The third-order valence-corrected chi connectivity index (χ3v) is 7.91. The van der Waals surface area contributed by atoms with Crippen LogP contribution < -0.4 is 20.3 Å². The summed E-state index contributed by atoms with van der Waals surface area (Å²) < 4.78 is 10.8. The molecule has 2 aromatic rings. The Hall–Kier alpha value is -3.79. The molecule has 0 aromatic heterocycles. The van der Waals surface area contributed by atoms with E-state index in [9.17, 15) is 9.59 Å². The molecule has 1 aliphatic heterocycles. The number of piperazine rings is 1. The Morgan fingerprint density at radius 1 is 1.17 bits per heavy atom. The van der Waals surface area contributed by atoms with Gasteiger partial charge < -0.3 is 25.0 Å². The van der Waals surface area contributed by atoms with Gasteiger partial charge in [-0.05, 0) is 79.1 Å². The fourth-order valence-corrected chi connectivity index (χ4v) is 5.62. The van der Waals surface area contributed by atoms with E-state index in [0.29, 0.717) is 12.6 Å². The number of ether oxygens (including phenoxy) is 2. The van der Waals surface area contributed by atoms with Gasteiger partial charge in [-0.15, -0.1) is 0 Å². The molecular weight excluding hydrogens is 522 g/mol. The molecule has 41 heavy (non-hydrogen) atoms. The number of nitrogens with one attached hydrogen (secondary N) is 2. The molecule has 11 nitrogen and oxygen atoms in total. The van der Waals surface area contributed by atoms with Crippen LogP contribution in [0.15, 0.2) is 47.6 Å². The van der Waals surface area contributed by atoms with Crippen molar-refractivity contribution >= 4 is 17.7 Å². The van der Waals surface area contributed by atoms with Gasteiger partial charge in [0.25, 0.3) is 0 Å². The Morgan fingerprint density at radius 2 is 1.98 bits per heavy atom. The molecule has 11 heteroatoms. The van der Waals surface area contributed by atoms with Gasteiger partial charge in [0.05, 0.1) is 19.8 Å². The van der Waals surface area contributed by atoms with E-state index in [1.807, 2.05) is 43.4 Å². The van der Waals surface area contributed by atoms with Crippen LogP contribution in [0.25, 0.3) is 10.4 Å². The summed E-state index contributed by atoms with van der Waals surface area (Å²) in [6, 6.07) is 14.1. The number of hydrogen-bond acceptors (Lipinski definition) is 7. The van der Waals surface area contributed by atoms with Crippen LogP contribution in [0.5, 0.6) is 5.75 Å². The first-order valence-electron chi connectivity index (χ1n) is 14.3. The third kappa shape index (κ3) is 8.60. The van der Waals surface area contributed by atoms with Gasteiger partial charge in [-0.25, -0.2) is 4.79 Å². The summed E-state index contributed by atoms with van der Waals surface area (Å²) in [6.45, 7) is 6.47. The van der Waals surface area contributed by atoms with Gasteiger partial charge in [0.15, 0.2) is 0 Å². The van der Waals surface area contributed by atoms with Crippen molar-refractivity contribution in [1.82, 2.24) is 15.5 Å². The number of rotatable bonds is 10. The Labute approximate surface area is 241 Å². The number of benzene rings is 2. The summed E-state index contributed by atoms with van der Waals surface area (Å²) in [5.74, 6) is 0.778. The van der Waals surface area contributed by atoms with E-state index in [4.69, 9.17) is 10.3 Å². The van der Waals surface area contributed by atoms with Crippen LogP contribution in [-0.2, 0) is 29.2 Å². The highest BCUT2D eigenvalue weighted by Gasteiger charge is 2.30. The van der Waals surface area contributed by atoms with E-state index in [0.717, 1.165) is 80.0 Å². The maximum atomic E-state index is 13.5. The van der Waals surface area contributed by atoms with Crippen molar-refractivity contribution < 1.29 is 19.1 Å². The van der Waals surface area contributed by atoms with Crippen LogP contribution in [0.3, 0.4) is 0 Å². The number of anilines is 1. The van der Waals surface area contributed by atoms with Gasteiger partial charge in [-0.2, -0.15) is 0 Å². The Morgan fingerprint density at radius 3 is 2.71 bits per heavy atom. The fourth-order valence-electron chi connectivity index (χ4n) is 5.62. The Bertz CT molecular complexity index is 1240. The fraction of sp³-hybridized carbons (Fsp3) is 0.533. The van der Waals surface area contributed by atoms with Crippen molar-refractivity contribution in [3.05, 3.63) is 69.6 Å². The largest absolute Gasteiger partial charge is 0.490 e. The molecular formula is C30H41N7O4. The van der Waals surface area contributed by atoms with E-state index in [1.165, 1.54) is 7.11 Å². The minimum absolute atomic E-state index is 0.0376. The summed E-state index contributed by atoms with van der Waals surface area (Å²) in [4.78, 5) is 31.9. The third-order valence-electron chi connectivity index (χ3n) is 7.91. The van der Waals surface area contributed by atoms with E-state index in [-0.39, 0.29) is 24.5 Å². The number of carbonyl (C=O) groups excluding carboxylic acids is 2. The monoisotopic (exact) mass is 563 g/mol. The molecule has 1 atom stereocenters. The van der Waals surface area contributed by atoms with Crippen LogP contribution in [-0.4, -0.2) is 62.8 Å². The summed E-state index contributed by atoms with van der Waals surface area (Å²) >= 11 is 0. The molecule has 2 aliphatic rings. The van der Waals surface area contributed by atoms with Crippen molar-refractivity contribution in [2.24, 2.45) is 11.0 Å². The molecule has 2 aromatic carbocycles. The van der Waals surface area contributed by atoms with Crippen LogP contribution in [0.1, 0.15) is 49.3 Å². The molecule has 0 spiro atoms. The number of hydrogen-bond donors (Lipinski definition) is 2. The maximum Gasteiger partial charge on any atom is 0.407 e. The summed E-state index contributed by atoms with van der Waals surface area (Å²) in [6.07, 6.45) is 2.65. The maximum absolute atomic E-state index is 13.5. The van der Waals surface area contributed by atoms with Gasteiger partial charge in [0.1, 0.15) is 5.75 Å². The molecule has 1 saturated heterocycles. The second-order valence-corrected chi connectivity index (χ2v) is 10.9. The number of methoxy groups -OCH3 is 1. The highest BCUT2D eigenvalue weighted by molar-refractivity contribution is 5.94. The molecule has 2 amide bonds. The highest BCUT2D eigenvalue weighted by atomic mass is 16.5.